The molecule has 1 amide bonds. The Morgan fingerprint density at radius 3 is 2.77 bits per heavy atom. The zero-order valence-corrected chi connectivity index (χ0v) is 7.89. The highest BCUT2D eigenvalue weighted by Gasteiger charge is 2.10. The van der Waals surface area contributed by atoms with Crippen molar-refractivity contribution in [3.63, 3.8) is 0 Å². The van der Waals surface area contributed by atoms with E-state index in [1.165, 1.54) is 11.3 Å². The van der Waals surface area contributed by atoms with Crippen LogP contribution in [-0.4, -0.2) is 5.91 Å². The van der Waals surface area contributed by atoms with Crippen molar-refractivity contribution in [2.24, 2.45) is 5.73 Å². The van der Waals surface area contributed by atoms with Gasteiger partial charge >= 0.3 is 0 Å². The molecule has 13 heavy (non-hydrogen) atoms. The third-order valence-corrected chi connectivity index (χ3v) is 2.61. The number of nitrogens with two attached hydrogens (primary N) is 1. The number of thiophene rings is 1. The molecule has 0 aliphatic rings. The van der Waals surface area contributed by atoms with Gasteiger partial charge in [0.25, 0.3) is 5.91 Å². The van der Waals surface area contributed by atoms with Crippen molar-refractivity contribution in [3.05, 3.63) is 28.0 Å². The van der Waals surface area contributed by atoms with E-state index in [1.54, 1.807) is 13.0 Å². The van der Waals surface area contributed by atoms with Gasteiger partial charge in [-0.2, -0.15) is 5.26 Å². The van der Waals surface area contributed by atoms with E-state index in [2.05, 4.69) is 0 Å². The number of amides is 1. The van der Waals surface area contributed by atoms with Crippen LogP contribution in [0.1, 0.15) is 11.8 Å². The van der Waals surface area contributed by atoms with Crippen molar-refractivity contribution in [3.8, 4) is 6.07 Å². The maximum atomic E-state index is 10.8. The fourth-order valence-electron chi connectivity index (χ4n) is 0.939. The van der Waals surface area contributed by atoms with Crippen molar-refractivity contribution in [2.45, 2.75) is 6.92 Å². The lowest BCUT2D eigenvalue weighted by molar-refractivity contribution is -0.114. The Kier molecular flexibility index (Phi) is 2.83. The van der Waals surface area contributed by atoms with Gasteiger partial charge in [0.15, 0.2) is 0 Å². The maximum Gasteiger partial charge on any atom is 0.259 e. The fourth-order valence-corrected chi connectivity index (χ4v) is 1.68. The molecule has 4 heteroatoms. The number of hydrogen-bond donors (Lipinski definition) is 1. The van der Waals surface area contributed by atoms with Gasteiger partial charge in [-0.15, -0.1) is 11.3 Å². The Hall–Kier alpha value is -1.60. The van der Waals surface area contributed by atoms with Crippen LogP contribution in [0, 0.1) is 11.3 Å². The van der Waals surface area contributed by atoms with Crippen molar-refractivity contribution in [2.75, 3.05) is 0 Å². The molecular weight excluding hydrogens is 184 g/mol. The lowest BCUT2D eigenvalue weighted by Crippen LogP contribution is -2.13. The lowest BCUT2D eigenvalue weighted by Gasteiger charge is -1.98. The third-order valence-electron chi connectivity index (χ3n) is 1.62. The van der Waals surface area contributed by atoms with Crippen LogP contribution in [0.15, 0.2) is 23.1 Å². The molecule has 1 aromatic rings. The molecule has 0 fully saturated rings. The first kappa shape index (κ1) is 9.49. The molecule has 0 radical (unpaired) electrons. The Balaban J connectivity index is 3.19. The topological polar surface area (TPSA) is 66.9 Å². The second-order valence-electron chi connectivity index (χ2n) is 2.45. The molecule has 2 N–H and O–H groups in total. The van der Waals surface area contributed by atoms with Gasteiger partial charge in [0.2, 0.25) is 0 Å². The van der Waals surface area contributed by atoms with Gasteiger partial charge < -0.3 is 5.73 Å². The predicted molar refractivity (Wildman–Crippen MR) is 51.7 cm³/mol. The number of allylic oxidation sites excluding steroid dienone is 1. The number of carbonyl (C=O) groups is 1. The lowest BCUT2D eigenvalue weighted by atomic mass is 10.1. The van der Waals surface area contributed by atoms with Crippen LogP contribution >= 0.6 is 11.3 Å². The van der Waals surface area contributed by atoms with Gasteiger partial charge in [-0.1, -0.05) is 6.07 Å². The van der Waals surface area contributed by atoms with Crippen molar-refractivity contribution >= 4 is 22.8 Å². The van der Waals surface area contributed by atoms with E-state index in [1.807, 2.05) is 17.5 Å². The molecule has 66 valence electrons. The van der Waals surface area contributed by atoms with E-state index >= 15 is 0 Å². The molecule has 1 rings (SSSR count). The maximum absolute atomic E-state index is 10.8. The van der Waals surface area contributed by atoms with E-state index in [9.17, 15) is 4.79 Å². The average Bonchev–Trinajstić information content (AvgIpc) is 2.56. The molecule has 1 aromatic heterocycles. The van der Waals surface area contributed by atoms with Crippen LogP contribution < -0.4 is 5.73 Å². The van der Waals surface area contributed by atoms with Gasteiger partial charge in [-0.25, -0.2) is 0 Å². The SMILES string of the molecule is C/C(=C(/C#N)C(N)=O)c1cccs1. The zero-order valence-electron chi connectivity index (χ0n) is 7.07. The normalized spacial score (nSPS) is 11.7. The second kappa shape index (κ2) is 3.87. The highest BCUT2D eigenvalue weighted by Crippen LogP contribution is 2.22. The van der Waals surface area contributed by atoms with Crippen molar-refractivity contribution < 1.29 is 4.79 Å². The van der Waals surface area contributed by atoms with Gasteiger partial charge in [0.05, 0.1) is 0 Å². The van der Waals surface area contributed by atoms with Crippen LogP contribution in [0.4, 0.5) is 0 Å². The predicted octanol–water partition coefficient (Wildman–Crippen LogP) is 1.53. The quantitative estimate of drug-likeness (QED) is 0.570. The number of primary amides is 1. The average molecular weight is 192 g/mol. The summed E-state index contributed by atoms with van der Waals surface area (Å²) in [5, 5.41) is 10.5. The van der Waals surface area contributed by atoms with Gasteiger partial charge in [-0.05, 0) is 23.9 Å². The van der Waals surface area contributed by atoms with E-state index in [4.69, 9.17) is 11.0 Å². The summed E-state index contributed by atoms with van der Waals surface area (Å²) in [5.74, 6) is -0.673. The Morgan fingerprint density at radius 1 is 1.69 bits per heavy atom. The van der Waals surface area contributed by atoms with Crippen LogP contribution in [0.5, 0.6) is 0 Å². The van der Waals surface area contributed by atoms with Crippen molar-refractivity contribution in [1.82, 2.24) is 0 Å². The molecule has 0 spiro atoms. The third kappa shape index (κ3) is 1.95. The summed E-state index contributed by atoms with van der Waals surface area (Å²) in [7, 11) is 0. The first-order valence-corrected chi connectivity index (χ1v) is 4.49. The van der Waals surface area contributed by atoms with Crippen molar-refractivity contribution in [1.29, 1.82) is 5.26 Å². The fraction of sp³-hybridized carbons (Fsp3) is 0.111. The largest absolute Gasteiger partial charge is 0.365 e. The number of carbonyl (C=O) groups excluding carboxylic acids is 1. The molecule has 0 bridgehead atoms. The molecular formula is C9H8N2OS. The summed E-state index contributed by atoms with van der Waals surface area (Å²) >= 11 is 1.48. The molecule has 0 saturated heterocycles. The summed E-state index contributed by atoms with van der Waals surface area (Å²) < 4.78 is 0. The molecule has 0 aliphatic carbocycles. The van der Waals surface area contributed by atoms with E-state index in [0.717, 1.165) is 4.88 Å². The molecule has 0 saturated carbocycles. The van der Waals surface area contributed by atoms with E-state index in [-0.39, 0.29) is 5.57 Å². The minimum Gasteiger partial charge on any atom is -0.365 e. The zero-order chi connectivity index (χ0) is 9.84. The summed E-state index contributed by atoms with van der Waals surface area (Å²) in [6, 6.07) is 5.51. The number of nitriles is 1. The van der Waals surface area contributed by atoms with Gasteiger partial charge in [-0.3, -0.25) is 4.79 Å². The van der Waals surface area contributed by atoms with E-state index < -0.39 is 5.91 Å². The minimum absolute atomic E-state index is 0.0300. The molecule has 0 unspecified atom stereocenters. The molecule has 0 atom stereocenters. The van der Waals surface area contributed by atoms with Crippen LogP contribution in [-0.2, 0) is 4.79 Å². The summed E-state index contributed by atoms with van der Waals surface area (Å²) in [5.41, 5.74) is 5.71. The number of hydrogen-bond acceptors (Lipinski definition) is 3. The molecule has 1 heterocycles. The summed E-state index contributed by atoms with van der Waals surface area (Å²) in [6.07, 6.45) is 0. The number of rotatable bonds is 2. The van der Waals surface area contributed by atoms with Crippen LogP contribution in [0.2, 0.25) is 0 Å². The molecule has 3 nitrogen and oxygen atoms in total. The Morgan fingerprint density at radius 2 is 2.38 bits per heavy atom. The highest BCUT2D eigenvalue weighted by molar-refractivity contribution is 7.11. The second-order valence-corrected chi connectivity index (χ2v) is 3.40. The van der Waals surface area contributed by atoms with E-state index in [0.29, 0.717) is 5.57 Å². The molecule has 0 aromatic carbocycles. The Bertz CT molecular complexity index is 384. The summed E-state index contributed by atoms with van der Waals surface area (Å²) in [4.78, 5) is 11.7. The smallest absolute Gasteiger partial charge is 0.259 e. The standard InChI is InChI=1S/C9H8N2OS/c1-6(7(5-10)9(11)12)8-3-2-4-13-8/h2-4H,1H3,(H2,11,12)/b7-6+. The van der Waals surface area contributed by atoms with Crippen LogP contribution in [0.3, 0.4) is 0 Å². The monoisotopic (exact) mass is 192 g/mol. The minimum atomic E-state index is -0.673. The van der Waals surface area contributed by atoms with Gasteiger partial charge in [0, 0.05) is 4.88 Å². The Labute approximate surface area is 80.1 Å². The highest BCUT2D eigenvalue weighted by atomic mass is 32.1. The first-order chi connectivity index (χ1) is 6.16. The summed E-state index contributed by atoms with van der Waals surface area (Å²) in [6.45, 7) is 1.72. The number of nitrogens with zero attached hydrogens (tertiary/aromatic N) is 1. The molecule has 0 aliphatic heterocycles. The van der Waals surface area contributed by atoms with Crippen LogP contribution in [0.25, 0.3) is 5.57 Å². The van der Waals surface area contributed by atoms with Gasteiger partial charge in [0.1, 0.15) is 11.6 Å². The first-order valence-electron chi connectivity index (χ1n) is 3.61.